The van der Waals surface area contributed by atoms with Gasteiger partial charge in [-0.1, -0.05) is 29.8 Å². The number of anilines is 1. The molecule has 4 aliphatic rings. The molecule has 6 rings (SSSR count). The third-order valence-corrected chi connectivity index (χ3v) is 12.2. The predicted octanol–water partition coefficient (Wildman–Crippen LogP) is 6.59. The van der Waals surface area contributed by atoms with E-state index in [1.165, 1.54) is 5.56 Å². The van der Waals surface area contributed by atoms with Crippen molar-refractivity contribution in [2.75, 3.05) is 31.7 Å². The minimum atomic E-state index is -3.79. The second kappa shape index (κ2) is 14.8. The lowest BCUT2D eigenvalue weighted by atomic mass is 9.70. The van der Waals surface area contributed by atoms with E-state index in [0.29, 0.717) is 29.2 Å². The van der Waals surface area contributed by atoms with Gasteiger partial charge in [0.05, 0.1) is 23.3 Å². The number of amides is 3. The zero-order valence-corrected chi connectivity index (χ0v) is 29.6. The molecule has 2 aromatic rings. The van der Waals surface area contributed by atoms with Crippen molar-refractivity contribution in [3.8, 4) is 5.75 Å². The molecule has 2 heterocycles. The zero-order chi connectivity index (χ0) is 33.9. The largest absolute Gasteiger partial charge is 0.487 e. The number of fused-ring (bicyclic) bond motifs is 3. The summed E-state index contributed by atoms with van der Waals surface area (Å²) in [6.07, 6.45) is 11.4. The zero-order valence-electron chi connectivity index (χ0n) is 28.0. The molecule has 2 saturated carbocycles. The quantitative estimate of drug-likeness (QED) is 0.348. The Balaban J connectivity index is 1.45. The average molecular weight is 699 g/mol. The number of ether oxygens (including phenoxy) is 3. The van der Waals surface area contributed by atoms with Gasteiger partial charge >= 0.3 is 6.03 Å². The van der Waals surface area contributed by atoms with Gasteiger partial charge < -0.3 is 24.4 Å². The van der Waals surface area contributed by atoms with Gasteiger partial charge in [0, 0.05) is 31.3 Å². The van der Waals surface area contributed by atoms with Gasteiger partial charge in [0.2, 0.25) is 0 Å². The summed E-state index contributed by atoms with van der Waals surface area (Å²) >= 11 is 6.37. The number of benzene rings is 2. The first-order valence-electron chi connectivity index (χ1n) is 17.1. The Morgan fingerprint density at radius 2 is 1.92 bits per heavy atom. The van der Waals surface area contributed by atoms with Crippen LogP contribution in [0.1, 0.15) is 69.9 Å². The lowest BCUT2D eigenvalue weighted by Crippen LogP contribution is -2.47. The van der Waals surface area contributed by atoms with E-state index in [1.54, 1.807) is 39.2 Å². The summed E-state index contributed by atoms with van der Waals surface area (Å²) < 4.78 is 40.1. The van der Waals surface area contributed by atoms with Gasteiger partial charge in [-0.15, -0.1) is 4.36 Å². The fraction of sp³-hybridized carbons (Fsp3) is 0.556. The lowest BCUT2D eigenvalue weighted by Gasteiger charge is -2.43. The third-order valence-electron chi connectivity index (χ3n) is 10.2. The first-order valence-corrected chi connectivity index (χ1v) is 19.0. The van der Waals surface area contributed by atoms with Crippen LogP contribution in [0.3, 0.4) is 0 Å². The molecule has 10 nitrogen and oxygen atoms in total. The number of nitrogens with zero attached hydrogens (tertiary/aromatic N) is 2. The molecule has 260 valence electrons. The second-order valence-corrected chi connectivity index (χ2v) is 16.2. The van der Waals surface area contributed by atoms with Crippen molar-refractivity contribution >= 4 is 39.1 Å². The van der Waals surface area contributed by atoms with E-state index in [1.807, 2.05) is 30.4 Å². The molecule has 0 saturated heterocycles. The highest BCUT2D eigenvalue weighted by Gasteiger charge is 2.38. The van der Waals surface area contributed by atoms with Crippen molar-refractivity contribution in [3.63, 3.8) is 0 Å². The smallest absolute Gasteiger partial charge is 0.327 e. The van der Waals surface area contributed by atoms with E-state index in [-0.39, 0.29) is 23.6 Å². The monoisotopic (exact) mass is 698 g/mol. The van der Waals surface area contributed by atoms with Gasteiger partial charge in [0.15, 0.2) is 9.92 Å². The molecule has 4 atom stereocenters. The van der Waals surface area contributed by atoms with Crippen LogP contribution in [0.15, 0.2) is 57.8 Å². The van der Waals surface area contributed by atoms with E-state index < -0.39 is 27.5 Å². The van der Waals surface area contributed by atoms with Crippen molar-refractivity contribution in [2.45, 2.75) is 94.5 Å². The summed E-state index contributed by atoms with van der Waals surface area (Å²) in [6, 6.07) is 10.5. The summed E-state index contributed by atoms with van der Waals surface area (Å²) in [6.45, 7) is 5.15. The number of nitrogens with one attached hydrogen (secondary N) is 2. The fourth-order valence-corrected chi connectivity index (χ4v) is 8.54. The summed E-state index contributed by atoms with van der Waals surface area (Å²) in [5.74, 6) is 0.545. The highest BCUT2D eigenvalue weighted by Crippen LogP contribution is 2.42. The molecule has 0 aromatic heterocycles. The van der Waals surface area contributed by atoms with Crippen molar-refractivity contribution in [1.29, 1.82) is 0 Å². The number of urea groups is 1. The first-order chi connectivity index (χ1) is 23.0. The highest BCUT2D eigenvalue weighted by molar-refractivity contribution is 7.92. The van der Waals surface area contributed by atoms with E-state index in [4.69, 9.17) is 25.8 Å². The number of carbonyl (C=O) groups excluding carboxylic acids is 2. The number of methoxy groups -OCH3 is 1. The number of halogens is 1. The molecular formula is C36H47ClN4O6S. The normalized spacial score (nSPS) is 28.5. The van der Waals surface area contributed by atoms with Gasteiger partial charge in [-0.2, -0.15) is 0 Å². The fourth-order valence-electron chi connectivity index (χ4n) is 6.79. The molecule has 3 amide bonds. The SMILES string of the molecule is CO[C@H]1/C=C/COC(C)(C)C(=O)N=[S@](=O)(NC(=O)NC2CCC2)c2ccc3c(c2)N(CCCCc2cc(Cl)ccc2CO3)C[C@@H]2CC[C@H]21. The molecule has 2 aromatic carbocycles. The van der Waals surface area contributed by atoms with Crippen molar-refractivity contribution in [3.05, 3.63) is 64.7 Å². The Kier molecular flexibility index (Phi) is 10.7. The minimum absolute atomic E-state index is 0.00173. The second-order valence-electron chi connectivity index (χ2n) is 13.8. The first kappa shape index (κ1) is 34.7. The van der Waals surface area contributed by atoms with Crippen LogP contribution in [0.25, 0.3) is 0 Å². The summed E-state index contributed by atoms with van der Waals surface area (Å²) in [5, 5.41) is 3.58. The topological polar surface area (TPSA) is 119 Å². The number of rotatable bonds is 3. The lowest BCUT2D eigenvalue weighted by molar-refractivity contribution is -0.137. The van der Waals surface area contributed by atoms with Crippen LogP contribution >= 0.6 is 11.6 Å². The standard InChI is InChI=1S/C36H47ClN4O6S/c1-36(2)34(42)39-48(44,40-35(43)38-28-9-6-10-28)29-15-17-33-31(21-29)41(22-25-13-16-30(25)32(45-3)11-7-19-47-36)18-5-4-8-24-20-27(37)14-12-26(24)23-46-33/h7,11-12,14-15,17,20-21,25,28,30,32H,4-6,8-10,13,16,18-19,22-23H2,1-3H3,(H2,38,39,40,42,43,44)/b11-7+/t25-,30+,32-,48-/m0/s1. The van der Waals surface area contributed by atoms with E-state index in [0.717, 1.165) is 75.7 Å². The van der Waals surface area contributed by atoms with Crippen LogP contribution in [-0.2, 0) is 37.2 Å². The number of hydrogen-bond acceptors (Lipinski definition) is 7. The van der Waals surface area contributed by atoms with Gasteiger partial charge in [0.1, 0.15) is 18.0 Å². The number of hydrogen-bond donors (Lipinski definition) is 2. The summed E-state index contributed by atoms with van der Waals surface area (Å²) in [5.41, 5.74) is 1.58. The van der Waals surface area contributed by atoms with E-state index >= 15 is 0 Å². The summed E-state index contributed by atoms with van der Waals surface area (Å²) in [4.78, 5) is 29.4. The van der Waals surface area contributed by atoms with Crippen molar-refractivity contribution < 1.29 is 28.0 Å². The van der Waals surface area contributed by atoms with E-state index in [9.17, 15) is 13.8 Å². The maximum atomic E-state index is 14.9. The maximum Gasteiger partial charge on any atom is 0.327 e. The maximum absolute atomic E-state index is 14.9. The molecule has 2 aliphatic heterocycles. The molecule has 2 bridgehead atoms. The highest BCUT2D eigenvalue weighted by atomic mass is 35.5. The molecule has 48 heavy (non-hydrogen) atoms. The Morgan fingerprint density at radius 3 is 2.65 bits per heavy atom. The summed E-state index contributed by atoms with van der Waals surface area (Å²) in [7, 11) is -2.06. The van der Waals surface area contributed by atoms with Crippen LogP contribution in [0.5, 0.6) is 5.75 Å². The Hall–Kier alpha value is -3.12. The Bertz CT molecular complexity index is 1670. The minimum Gasteiger partial charge on any atom is -0.487 e. The average Bonchev–Trinajstić information content (AvgIpc) is 3.05. The molecule has 0 unspecified atom stereocenters. The molecule has 12 heteroatoms. The van der Waals surface area contributed by atoms with Crippen LogP contribution < -0.4 is 19.7 Å². The molecule has 0 radical (unpaired) electrons. The van der Waals surface area contributed by atoms with Gasteiger partial charge in [-0.3, -0.25) is 4.79 Å². The molecule has 2 N–H and O–H groups in total. The third kappa shape index (κ3) is 7.85. The van der Waals surface area contributed by atoms with Crippen LogP contribution in [0.2, 0.25) is 5.02 Å². The van der Waals surface area contributed by atoms with Crippen LogP contribution in [0, 0.1) is 11.8 Å². The number of carbonyl (C=O) groups is 2. The number of aryl methyl sites for hydroxylation is 1. The van der Waals surface area contributed by atoms with Gasteiger partial charge in [0.25, 0.3) is 5.91 Å². The van der Waals surface area contributed by atoms with Crippen LogP contribution in [-0.4, -0.2) is 60.7 Å². The molecule has 2 fully saturated rings. The molecule has 2 aliphatic carbocycles. The van der Waals surface area contributed by atoms with Crippen molar-refractivity contribution in [1.82, 2.24) is 10.0 Å². The predicted molar refractivity (Wildman–Crippen MR) is 187 cm³/mol. The molecular weight excluding hydrogens is 652 g/mol. The van der Waals surface area contributed by atoms with Crippen LogP contribution in [0.4, 0.5) is 10.5 Å². The Morgan fingerprint density at radius 1 is 1.08 bits per heavy atom. The molecule has 0 spiro atoms. The van der Waals surface area contributed by atoms with E-state index in [2.05, 4.69) is 19.3 Å². The van der Waals surface area contributed by atoms with Crippen molar-refractivity contribution in [2.24, 2.45) is 16.2 Å². The Labute approximate surface area is 289 Å². The van der Waals surface area contributed by atoms with Gasteiger partial charge in [-0.25, -0.2) is 13.7 Å². The van der Waals surface area contributed by atoms with Gasteiger partial charge in [-0.05, 0) is 119 Å².